The van der Waals surface area contributed by atoms with Gasteiger partial charge in [0.1, 0.15) is 11.4 Å². The summed E-state index contributed by atoms with van der Waals surface area (Å²) in [5.74, 6) is -0.804. The first-order chi connectivity index (χ1) is 28.7. The third-order valence-corrected chi connectivity index (χ3v) is 10.7. The van der Waals surface area contributed by atoms with Crippen LogP contribution in [0.5, 0.6) is 0 Å². The maximum atomic E-state index is 13.2. The highest BCUT2D eigenvalue weighted by Gasteiger charge is 2.26. The van der Waals surface area contributed by atoms with E-state index < -0.39 is 0 Å². The number of hydrogen-bond acceptors (Lipinski definition) is 13. The number of fused-ring (bicyclic) bond motifs is 1. The number of halogens is 1. The number of nitrogens with one attached hydrogen (secondary N) is 4. The lowest BCUT2D eigenvalue weighted by Crippen LogP contribution is -2.46. The molecule has 5 aromatic heterocycles. The molecular weight excluding hydrogens is 778 g/mol. The third kappa shape index (κ3) is 11.0. The fourth-order valence-electron chi connectivity index (χ4n) is 7.10. The Balaban J connectivity index is 0.768. The van der Waals surface area contributed by atoms with E-state index >= 15 is 0 Å². The second-order valence-corrected chi connectivity index (χ2v) is 14.8. The molecule has 0 bridgehead atoms. The number of aromatic nitrogens is 7. The second kappa shape index (κ2) is 19.8. The molecule has 5 aromatic rings. The number of rotatable bonds is 16. The van der Waals surface area contributed by atoms with Gasteiger partial charge in [-0.2, -0.15) is 0 Å². The van der Waals surface area contributed by atoms with Crippen LogP contribution < -0.4 is 26.4 Å². The molecular formula is C40H48ClN13O5. The Morgan fingerprint density at radius 1 is 0.966 bits per heavy atom. The number of ether oxygens (including phenoxy) is 1. The van der Waals surface area contributed by atoms with E-state index in [1.54, 1.807) is 46.4 Å². The van der Waals surface area contributed by atoms with Gasteiger partial charge in [0, 0.05) is 76.9 Å². The Morgan fingerprint density at radius 3 is 2.51 bits per heavy atom. The molecule has 0 radical (unpaired) electrons. The van der Waals surface area contributed by atoms with Crippen LogP contribution in [0.15, 0.2) is 66.0 Å². The Morgan fingerprint density at radius 2 is 1.78 bits per heavy atom. The molecule has 0 spiro atoms. The molecule has 7 rings (SSSR count). The Labute approximate surface area is 345 Å². The van der Waals surface area contributed by atoms with Crippen molar-refractivity contribution in [2.45, 2.75) is 45.4 Å². The molecule has 0 saturated carbocycles. The maximum Gasteiger partial charge on any atom is 0.272 e. The molecule has 2 aliphatic heterocycles. The van der Waals surface area contributed by atoms with Crippen LogP contribution in [0.2, 0.25) is 5.15 Å². The molecule has 19 heteroatoms. The number of amides is 3. The summed E-state index contributed by atoms with van der Waals surface area (Å²) in [5.41, 5.74) is 5.11. The van der Waals surface area contributed by atoms with Crippen molar-refractivity contribution >= 4 is 51.7 Å². The summed E-state index contributed by atoms with van der Waals surface area (Å²) in [7, 11) is 0. The van der Waals surface area contributed by atoms with Crippen molar-refractivity contribution in [3.05, 3.63) is 99.2 Å². The average Bonchev–Trinajstić information content (AvgIpc) is 3.78. The van der Waals surface area contributed by atoms with Gasteiger partial charge in [-0.15, -0.1) is 5.10 Å². The summed E-state index contributed by atoms with van der Waals surface area (Å²) in [4.78, 5) is 73.1. The number of piperazine rings is 1. The molecule has 2 fully saturated rings. The average molecular weight is 826 g/mol. The molecule has 0 aromatic carbocycles. The van der Waals surface area contributed by atoms with E-state index in [1.807, 2.05) is 31.3 Å². The highest BCUT2D eigenvalue weighted by Crippen LogP contribution is 2.22. The van der Waals surface area contributed by atoms with Gasteiger partial charge in [0.15, 0.2) is 5.15 Å². The third-order valence-electron chi connectivity index (χ3n) is 10.4. The van der Waals surface area contributed by atoms with Crippen molar-refractivity contribution in [1.82, 2.24) is 55.4 Å². The monoisotopic (exact) mass is 825 g/mol. The zero-order valence-electron chi connectivity index (χ0n) is 32.9. The smallest absolute Gasteiger partial charge is 0.272 e. The zero-order valence-corrected chi connectivity index (χ0v) is 33.7. The van der Waals surface area contributed by atoms with Gasteiger partial charge in [-0.1, -0.05) is 23.7 Å². The Hall–Kier alpha value is -5.82. The normalized spacial score (nSPS) is 15.1. The molecule has 0 unspecified atom stereocenters. The number of hydrogen-bond donors (Lipinski definition) is 4. The van der Waals surface area contributed by atoms with Gasteiger partial charge in [0.05, 0.1) is 60.6 Å². The standard InChI is InChI=1S/C40H48ClN13O5/c1-2-28-22-34-35(49-38(28)56)21-27(23-44-34)26-51-16-18-52(19-17-51)29-3-4-32(45-24-29)39(57)43-11-20-59-30-7-12-53(13-8-30)40(58)33-6-5-31(37(41)48-33)47-36(55)25-42-9-14-54-15-10-46-50-54/h3-6,10,15,21-24,30,42H,2,7-9,11-14,16-20,25-26H2,1H3,(H,43,57)(H,47,55)(H,49,56). The minimum atomic E-state index is -0.291. The molecule has 310 valence electrons. The number of aryl methyl sites for hydroxylation is 1. The summed E-state index contributed by atoms with van der Waals surface area (Å²) < 4.78 is 7.67. The number of carbonyl (C=O) groups is 3. The molecule has 7 heterocycles. The van der Waals surface area contributed by atoms with E-state index in [1.165, 1.54) is 0 Å². The van der Waals surface area contributed by atoms with Gasteiger partial charge in [-0.3, -0.25) is 33.7 Å². The van der Waals surface area contributed by atoms with Gasteiger partial charge < -0.3 is 35.5 Å². The van der Waals surface area contributed by atoms with Crippen LogP contribution in [0, 0.1) is 0 Å². The summed E-state index contributed by atoms with van der Waals surface area (Å²) in [6.07, 6.45) is 8.86. The van der Waals surface area contributed by atoms with Crippen LogP contribution in [0.25, 0.3) is 11.0 Å². The van der Waals surface area contributed by atoms with E-state index in [-0.39, 0.29) is 46.8 Å². The lowest BCUT2D eigenvalue weighted by atomic mass is 10.1. The molecule has 59 heavy (non-hydrogen) atoms. The second-order valence-electron chi connectivity index (χ2n) is 14.5. The van der Waals surface area contributed by atoms with E-state index in [2.05, 4.69) is 56.0 Å². The molecule has 4 N–H and O–H groups in total. The number of piperidine rings is 1. The molecule has 2 saturated heterocycles. The van der Waals surface area contributed by atoms with Gasteiger partial charge >= 0.3 is 0 Å². The van der Waals surface area contributed by atoms with Crippen LogP contribution in [-0.2, 0) is 29.0 Å². The predicted octanol–water partition coefficient (Wildman–Crippen LogP) is 2.12. The van der Waals surface area contributed by atoms with Crippen LogP contribution in [0.3, 0.4) is 0 Å². The molecule has 18 nitrogen and oxygen atoms in total. The van der Waals surface area contributed by atoms with E-state index in [0.29, 0.717) is 70.0 Å². The van der Waals surface area contributed by atoms with Gasteiger partial charge in [-0.25, -0.2) is 9.97 Å². The highest BCUT2D eigenvalue weighted by atomic mass is 35.5. The summed E-state index contributed by atoms with van der Waals surface area (Å²) in [5, 5.41) is 16.3. The number of nitrogens with zero attached hydrogens (tertiary/aromatic N) is 9. The number of aromatic amines is 1. The van der Waals surface area contributed by atoms with Crippen LogP contribution in [-0.4, -0.2) is 134 Å². The molecule has 2 aliphatic rings. The fraction of sp³-hybridized carbons (Fsp3) is 0.425. The number of pyridine rings is 4. The van der Waals surface area contributed by atoms with Crippen molar-refractivity contribution in [1.29, 1.82) is 0 Å². The lowest BCUT2D eigenvalue weighted by Gasteiger charge is -2.36. The largest absolute Gasteiger partial charge is 0.376 e. The zero-order chi connectivity index (χ0) is 41.1. The fourth-order valence-corrected chi connectivity index (χ4v) is 7.30. The van der Waals surface area contributed by atoms with Crippen molar-refractivity contribution in [2.24, 2.45) is 0 Å². The molecule has 3 amide bonds. The SMILES string of the molecule is CCc1cc2ncc(CN3CCN(c4ccc(C(=O)NCCOC5CCN(C(=O)c6ccc(NC(=O)CNCCn7ccnn7)c(Cl)n6)CC5)nc4)CC3)cc2[nH]c1=O. The number of anilines is 2. The topological polar surface area (TPSA) is 208 Å². The van der Waals surface area contributed by atoms with Crippen molar-refractivity contribution in [3.8, 4) is 0 Å². The van der Waals surface area contributed by atoms with Crippen LogP contribution in [0.1, 0.15) is 51.9 Å². The quantitative estimate of drug-likeness (QED) is 0.0832. The van der Waals surface area contributed by atoms with Crippen LogP contribution >= 0.6 is 11.6 Å². The maximum absolute atomic E-state index is 13.2. The Bertz CT molecular complexity index is 2270. The number of likely N-dealkylation sites (tertiary alicyclic amines) is 1. The van der Waals surface area contributed by atoms with E-state index in [0.717, 1.165) is 60.6 Å². The predicted molar refractivity (Wildman–Crippen MR) is 221 cm³/mol. The van der Waals surface area contributed by atoms with Crippen molar-refractivity contribution in [3.63, 3.8) is 0 Å². The first-order valence-electron chi connectivity index (χ1n) is 19.9. The number of H-pyrrole nitrogens is 1. The summed E-state index contributed by atoms with van der Waals surface area (Å²) >= 11 is 6.32. The van der Waals surface area contributed by atoms with E-state index in [4.69, 9.17) is 16.3 Å². The number of carbonyl (C=O) groups excluding carboxylic acids is 3. The van der Waals surface area contributed by atoms with Crippen LogP contribution in [0.4, 0.5) is 11.4 Å². The first kappa shape index (κ1) is 41.3. The first-order valence-corrected chi connectivity index (χ1v) is 20.2. The highest BCUT2D eigenvalue weighted by molar-refractivity contribution is 6.32. The van der Waals surface area contributed by atoms with Crippen molar-refractivity contribution in [2.75, 3.05) is 75.7 Å². The summed E-state index contributed by atoms with van der Waals surface area (Å²) in [6.45, 7) is 8.88. The summed E-state index contributed by atoms with van der Waals surface area (Å²) in [6, 6.07) is 10.7. The van der Waals surface area contributed by atoms with Crippen molar-refractivity contribution < 1.29 is 19.1 Å². The van der Waals surface area contributed by atoms with Gasteiger partial charge in [0.25, 0.3) is 17.4 Å². The molecule has 0 atom stereocenters. The van der Waals surface area contributed by atoms with Gasteiger partial charge in [-0.05, 0) is 61.2 Å². The molecule has 0 aliphatic carbocycles. The minimum absolute atomic E-state index is 0.0338. The minimum Gasteiger partial charge on any atom is -0.376 e. The lowest BCUT2D eigenvalue weighted by molar-refractivity contribution is -0.115. The van der Waals surface area contributed by atoms with Gasteiger partial charge in [0.2, 0.25) is 5.91 Å². The Kier molecular flexibility index (Phi) is 13.8. The van der Waals surface area contributed by atoms with E-state index in [9.17, 15) is 19.2 Å².